The molecule has 1 saturated heterocycles. The van der Waals surface area contributed by atoms with Crippen LogP contribution in [0.15, 0.2) is 65.2 Å². The molecule has 37 heavy (non-hydrogen) atoms. The van der Waals surface area contributed by atoms with Crippen LogP contribution in [0.1, 0.15) is 42.6 Å². The van der Waals surface area contributed by atoms with Crippen LogP contribution in [0.5, 0.6) is 5.75 Å². The number of benzene rings is 2. The third kappa shape index (κ3) is 6.14. The second-order valence-electron chi connectivity index (χ2n) is 8.51. The molecule has 0 aliphatic carbocycles. The number of amidine groups is 1. The number of pyridine rings is 1. The fourth-order valence-corrected chi connectivity index (χ4v) is 5.04. The van der Waals surface area contributed by atoms with Gasteiger partial charge < -0.3 is 15.4 Å². The van der Waals surface area contributed by atoms with Gasteiger partial charge in [0.15, 0.2) is 0 Å². The lowest BCUT2D eigenvalue weighted by Gasteiger charge is -2.33. The first-order valence-electron chi connectivity index (χ1n) is 12.3. The van der Waals surface area contributed by atoms with E-state index in [9.17, 15) is 13.4 Å². The third-order valence-electron chi connectivity index (χ3n) is 6.09. The number of likely N-dealkylation sites (tertiary alicyclic amines) is 1. The molecule has 0 bridgehead atoms. The SMILES string of the molecule is CC.NC1=NS(=O)Nc2cccc(OCC3CCCN(C(=O)c4ccnc(-c5ccc(F)cc5)c4)C3)c21. The predicted octanol–water partition coefficient (Wildman–Crippen LogP) is 4.55. The van der Waals surface area contributed by atoms with Crippen LogP contribution in [-0.2, 0) is 11.2 Å². The second-order valence-corrected chi connectivity index (χ2v) is 9.40. The number of anilines is 1. The molecule has 1 amide bonds. The Morgan fingerprint density at radius 1 is 1.22 bits per heavy atom. The number of halogens is 1. The lowest BCUT2D eigenvalue weighted by Crippen LogP contribution is -2.41. The molecule has 0 saturated carbocycles. The Balaban J connectivity index is 0.00000156. The summed E-state index contributed by atoms with van der Waals surface area (Å²) in [4.78, 5) is 19.4. The highest BCUT2D eigenvalue weighted by Crippen LogP contribution is 2.30. The average molecular weight is 524 g/mol. The Hall–Kier alpha value is -3.79. The van der Waals surface area contributed by atoms with Crippen LogP contribution >= 0.6 is 0 Å². The second kappa shape index (κ2) is 12.0. The molecule has 5 rings (SSSR count). The van der Waals surface area contributed by atoms with E-state index in [-0.39, 0.29) is 23.5 Å². The maximum atomic E-state index is 13.3. The van der Waals surface area contributed by atoms with E-state index in [0.29, 0.717) is 48.0 Å². The van der Waals surface area contributed by atoms with Crippen LogP contribution in [0.2, 0.25) is 0 Å². The zero-order chi connectivity index (χ0) is 26.4. The van der Waals surface area contributed by atoms with Crippen LogP contribution in [0.4, 0.5) is 10.1 Å². The normalized spacial score (nSPS) is 18.5. The minimum Gasteiger partial charge on any atom is -0.492 e. The lowest BCUT2D eigenvalue weighted by molar-refractivity contribution is 0.0633. The number of hydrogen-bond donors (Lipinski definition) is 2. The first kappa shape index (κ1) is 26.3. The van der Waals surface area contributed by atoms with E-state index >= 15 is 0 Å². The monoisotopic (exact) mass is 523 g/mol. The Labute approximate surface area is 218 Å². The molecular formula is C27H30FN5O3S. The molecule has 3 heterocycles. The van der Waals surface area contributed by atoms with Crippen molar-refractivity contribution in [2.24, 2.45) is 16.0 Å². The Bertz CT molecular complexity index is 1320. The topological polar surface area (TPSA) is 110 Å². The highest BCUT2D eigenvalue weighted by molar-refractivity contribution is 7.85. The summed E-state index contributed by atoms with van der Waals surface area (Å²) >= 11 is -1.60. The lowest BCUT2D eigenvalue weighted by atomic mass is 9.98. The maximum absolute atomic E-state index is 13.3. The predicted molar refractivity (Wildman–Crippen MR) is 144 cm³/mol. The molecule has 2 aliphatic heterocycles. The van der Waals surface area contributed by atoms with E-state index < -0.39 is 11.2 Å². The van der Waals surface area contributed by atoms with Gasteiger partial charge in [-0.1, -0.05) is 19.9 Å². The number of rotatable bonds is 5. The van der Waals surface area contributed by atoms with Gasteiger partial charge in [-0.2, -0.15) is 4.40 Å². The number of piperidine rings is 1. The van der Waals surface area contributed by atoms with Crippen LogP contribution in [0.25, 0.3) is 11.3 Å². The molecule has 2 atom stereocenters. The van der Waals surface area contributed by atoms with Gasteiger partial charge in [-0.25, -0.2) is 8.60 Å². The van der Waals surface area contributed by atoms with Gasteiger partial charge in [-0.05, 0) is 61.4 Å². The van der Waals surface area contributed by atoms with E-state index in [1.165, 1.54) is 12.1 Å². The first-order valence-corrected chi connectivity index (χ1v) is 13.4. The molecule has 8 nitrogen and oxygen atoms in total. The van der Waals surface area contributed by atoms with Gasteiger partial charge in [0.25, 0.3) is 5.91 Å². The van der Waals surface area contributed by atoms with Crippen molar-refractivity contribution in [2.75, 3.05) is 24.4 Å². The number of carbonyl (C=O) groups excluding carboxylic acids is 1. The quantitative estimate of drug-likeness (QED) is 0.510. The standard InChI is InChI=1S/C25H24FN5O3S.C2H6/c26-19-8-6-17(7-9-19)21-13-18(10-11-28-21)25(32)31-12-2-3-16(14-31)15-34-22-5-1-4-20-23(22)24(27)30-35(33)29-20;1-2/h1,4-11,13,16,29H,2-3,12,14-15H2,(H2,27,30);1-2H3. The van der Waals surface area contributed by atoms with Crippen molar-refractivity contribution in [3.63, 3.8) is 0 Å². The van der Waals surface area contributed by atoms with Crippen LogP contribution < -0.4 is 15.2 Å². The number of amides is 1. The molecule has 2 aliphatic rings. The third-order valence-corrected chi connectivity index (χ3v) is 6.85. The molecule has 2 unspecified atom stereocenters. The van der Waals surface area contributed by atoms with Crippen LogP contribution in [0.3, 0.4) is 0 Å². The zero-order valence-electron chi connectivity index (χ0n) is 20.8. The number of hydrogen-bond acceptors (Lipinski definition) is 5. The molecular weight excluding hydrogens is 493 g/mol. The van der Waals surface area contributed by atoms with Gasteiger partial charge in [0.05, 0.1) is 23.6 Å². The smallest absolute Gasteiger partial charge is 0.253 e. The van der Waals surface area contributed by atoms with Crippen molar-refractivity contribution in [2.45, 2.75) is 26.7 Å². The number of nitrogens with two attached hydrogens (primary N) is 1. The summed E-state index contributed by atoms with van der Waals surface area (Å²) in [6.07, 6.45) is 3.40. The van der Waals surface area contributed by atoms with E-state index in [1.54, 1.807) is 48.7 Å². The van der Waals surface area contributed by atoms with E-state index in [2.05, 4.69) is 14.1 Å². The molecule has 3 N–H and O–H groups in total. The number of nitrogens with one attached hydrogen (secondary N) is 1. The van der Waals surface area contributed by atoms with Crippen molar-refractivity contribution in [3.05, 3.63) is 77.7 Å². The Kier molecular flexibility index (Phi) is 8.50. The van der Waals surface area contributed by atoms with Gasteiger partial charge in [-0.15, -0.1) is 0 Å². The van der Waals surface area contributed by atoms with Crippen molar-refractivity contribution < 1.29 is 18.1 Å². The fourth-order valence-electron chi connectivity index (χ4n) is 4.37. The largest absolute Gasteiger partial charge is 0.492 e. The number of aromatic nitrogens is 1. The summed E-state index contributed by atoms with van der Waals surface area (Å²) in [7, 11) is 0. The summed E-state index contributed by atoms with van der Waals surface area (Å²) in [5.41, 5.74) is 9.12. The Morgan fingerprint density at radius 2 is 2.00 bits per heavy atom. The van der Waals surface area contributed by atoms with Gasteiger partial charge in [0.1, 0.15) is 17.4 Å². The summed E-state index contributed by atoms with van der Waals surface area (Å²) in [6.45, 7) is 5.64. The summed E-state index contributed by atoms with van der Waals surface area (Å²) < 4.78 is 37.7. The first-order chi connectivity index (χ1) is 18.0. The molecule has 0 spiro atoms. The minimum absolute atomic E-state index is 0.0689. The number of ether oxygens (including phenoxy) is 1. The minimum atomic E-state index is -1.60. The Morgan fingerprint density at radius 3 is 2.78 bits per heavy atom. The average Bonchev–Trinajstić information content (AvgIpc) is 2.93. The molecule has 3 aromatic rings. The highest BCUT2D eigenvalue weighted by atomic mass is 32.2. The van der Waals surface area contributed by atoms with Gasteiger partial charge in [0.2, 0.25) is 11.2 Å². The zero-order valence-corrected chi connectivity index (χ0v) is 21.6. The molecule has 10 heteroatoms. The maximum Gasteiger partial charge on any atom is 0.253 e. The highest BCUT2D eigenvalue weighted by Gasteiger charge is 2.26. The number of nitrogens with zero attached hydrogens (tertiary/aromatic N) is 3. The van der Waals surface area contributed by atoms with Gasteiger partial charge >= 0.3 is 0 Å². The fraction of sp³-hybridized carbons (Fsp3) is 0.296. The number of carbonyl (C=O) groups is 1. The summed E-state index contributed by atoms with van der Waals surface area (Å²) in [5.74, 6) is 0.489. The van der Waals surface area contributed by atoms with Crippen molar-refractivity contribution in [3.8, 4) is 17.0 Å². The van der Waals surface area contributed by atoms with Crippen molar-refractivity contribution in [1.82, 2.24) is 9.88 Å². The van der Waals surface area contributed by atoms with Crippen LogP contribution in [-0.4, -0.2) is 45.5 Å². The summed E-state index contributed by atoms with van der Waals surface area (Å²) in [5, 5.41) is 0. The molecule has 1 fully saturated rings. The van der Waals surface area contributed by atoms with Gasteiger partial charge in [0, 0.05) is 36.3 Å². The van der Waals surface area contributed by atoms with E-state index in [0.717, 1.165) is 18.4 Å². The van der Waals surface area contributed by atoms with E-state index in [4.69, 9.17) is 10.5 Å². The van der Waals surface area contributed by atoms with E-state index in [1.807, 2.05) is 18.7 Å². The summed E-state index contributed by atoms with van der Waals surface area (Å²) in [6, 6.07) is 14.9. The molecule has 194 valence electrons. The molecule has 1 aromatic heterocycles. The number of fused-ring (bicyclic) bond motifs is 1. The van der Waals surface area contributed by atoms with Crippen molar-refractivity contribution in [1.29, 1.82) is 0 Å². The van der Waals surface area contributed by atoms with Crippen molar-refractivity contribution >= 4 is 28.6 Å². The molecule has 0 radical (unpaired) electrons. The van der Waals surface area contributed by atoms with Crippen LogP contribution in [0, 0.1) is 11.7 Å². The van der Waals surface area contributed by atoms with Gasteiger partial charge in [-0.3, -0.25) is 14.5 Å². The molecule has 2 aromatic carbocycles.